The normalized spacial score (nSPS) is 12.9. The van der Waals surface area contributed by atoms with Crippen LogP contribution in [0.5, 0.6) is 11.5 Å². The second kappa shape index (κ2) is 6.03. The van der Waals surface area contributed by atoms with E-state index in [1.807, 2.05) is 0 Å². The van der Waals surface area contributed by atoms with E-state index < -0.39 is 5.60 Å². The van der Waals surface area contributed by atoms with Gasteiger partial charge in [-0.2, -0.15) is 0 Å². The average molecular weight is 293 g/mol. The first kappa shape index (κ1) is 15.2. The summed E-state index contributed by atoms with van der Waals surface area (Å²) in [4.78, 5) is 23.3. The number of esters is 1. The molecular weight excluding hydrogens is 274 g/mol. The van der Waals surface area contributed by atoms with E-state index in [0.717, 1.165) is 0 Å². The van der Waals surface area contributed by atoms with E-state index in [4.69, 9.17) is 14.2 Å². The number of benzene rings is 1. The maximum Gasteiger partial charge on any atom is 0.306 e. The van der Waals surface area contributed by atoms with Crippen LogP contribution in [0, 0.1) is 0 Å². The van der Waals surface area contributed by atoms with Crippen molar-refractivity contribution in [2.45, 2.75) is 39.2 Å². The van der Waals surface area contributed by atoms with Crippen molar-refractivity contribution < 1.29 is 23.8 Å². The van der Waals surface area contributed by atoms with Crippen molar-refractivity contribution in [2.24, 2.45) is 0 Å². The molecule has 0 aliphatic carbocycles. The van der Waals surface area contributed by atoms with Crippen LogP contribution in [0.2, 0.25) is 0 Å². The van der Waals surface area contributed by atoms with Crippen LogP contribution < -0.4 is 14.8 Å². The van der Waals surface area contributed by atoms with Crippen LogP contribution in [0.25, 0.3) is 0 Å². The molecule has 0 fully saturated rings. The summed E-state index contributed by atoms with van der Waals surface area (Å²) in [6, 6.07) is 5.14. The number of ether oxygens (including phenoxy) is 3. The number of fused-ring (bicyclic) bond motifs is 1. The quantitative estimate of drug-likeness (QED) is 0.863. The van der Waals surface area contributed by atoms with Gasteiger partial charge in [-0.25, -0.2) is 0 Å². The van der Waals surface area contributed by atoms with Crippen molar-refractivity contribution in [1.29, 1.82) is 0 Å². The zero-order valence-electron chi connectivity index (χ0n) is 12.4. The molecule has 1 heterocycles. The Hall–Kier alpha value is -2.24. The molecule has 114 valence electrons. The fraction of sp³-hybridized carbons (Fsp3) is 0.467. The molecule has 1 aromatic carbocycles. The molecule has 0 spiro atoms. The third-order valence-electron chi connectivity index (χ3n) is 2.63. The minimum atomic E-state index is -0.537. The Kier molecular flexibility index (Phi) is 4.35. The number of hydrogen-bond acceptors (Lipinski definition) is 5. The zero-order valence-corrected chi connectivity index (χ0v) is 12.4. The van der Waals surface area contributed by atoms with Crippen LogP contribution in [-0.4, -0.2) is 24.3 Å². The maximum atomic E-state index is 11.8. The molecule has 0 atom stereocenters. The molecule has 0 saturated heterocycles. The van der Waals surface area contributed by atoms with Gasteiger partial charge in [-0.05, 0) is 32.9 Å². The van der Waals surface area contributed by atoms with Gasteiger partial charge >= 0.3 is 5.97 Å². The van der Waals surface area contributed by atoms with Crippen molar-refractivity contribution in [1.82, 2.24) is 0 Å². The second-order valence-corrected chi connectivity index (χ2v) is 5.70. The number of amides is 1. The van der Waals surface area contributed by atoms with E-state index >= 15 is 0 Å². The Bertz CT molecular complexity index is 547. The minimum Gasteiger partial charge on any atom is -0.460 e. The van der Waals surface area contributed by atoms with E-state index in [-0.39, 0.29) is 31.5 Å². The predicted molar refractivity (Wildman–Crippen MR) is 76.3 cm³/mol. The van der Waals surface area contributed by atoms with Gasteiger partial charge in [-0.15, -0.1) is 0 Å². The van der Waals surface area contributed by atoms with E-state index in [2.05, 4.69) is 5.32 Å². The third kappa shape index (κ3) is 4.66. The maximum absolute atomic E-state index is 11.8. The SMILES string of the molecule is CC(C)(C)OC(=O)CCC(=O)Nc1ccc2c(c1)OCO2. The predicted octanol–water partition coefficient (Wildman–Crippen LogP) is 2.48. The van der Waals surface area contributed by atoms with Crippen molar-refractivity contribution in [3.05, 3.63) is 18.2 Å². The van der Waals surface area contributed by atoms with Crippen molar-refractivity contribution in [3.63, 3.8) is 0 Å². The topological polar surface area (TPSA) is 73.9 Å². The average Bonchev–Trinajstić information content (AvgIpc) is 2.81. The van der Waals surface area contributed by atoms with E-state index in [1.54, 1.807) is 39.0 Å². The number of carbonyl (C=O) groups is 2. The molecule has 6 heteroatoms. The molecule has 0 bridgehead atoms. The monoisotopic (exact) mass is 293 g/mol. The Morgan fingerprint density at radius 2 is 1.90 bits per heavy atom. The van der Waals surface area contributed by atoms with Gasteiger partial charge in [0, 0.05) is 18.2 Å². The number of hydrogen-bond donors (Lipinski definition) is 1. The van der Waals surface area contributed by atoms with Crippen LogP contribution in [-0.2, 0) is 14.3 Å². The van der Waals surface area contributed by atoms with Gasteiger partial charge in [0.25, 0.3) is 0 Å². The molecule has 1 N–H and O–H groups in total. The zero-order chi connectivity index (χ0) is 15.5. The number of carbonyl (C=O) groups excluding carboxylic acids is 2. The van der Waals surface area contributed by atoms with Gasteiger partial charge < -0.3 is 19.5 Å². The third-order valence-corrected chi connectivity index (χ3v) is 2.63. The van der Waals surface area contributed by atoms with Crippen LogP contribution in [0.15, 0.2) is 18.2 Å². The first-order valence-corrected chi connectivity index (χ1v) is 6.75. The molecule has 0 aromatic heterocycles. The lowest BCUT2D eigenvalue weighted by atomic mass is 10.2. The molecule has 6 nitrogen and oxygen atoms in total. The summed E-state index contributed by atoms with van der Waals surface area (Å²) in [6.45, 7) is 5.55. The van der Waals surface area contributed by atoms with E-state index in [0.29, 0.717) is 17.2 Å². The summed E-state index contributed by atoms with van der Waals surface area (Å²) in [5.74, 6) is 0.616. The van der Waals surface area contributed by atoms with Gasteiger partial charge in [0.2, 0.25) is 12.7 Å². The molecular formula is C15H19NO5. The number of nitrogens with one attached hydrogen (secondary N) is 1. The Morgan fingerprint density at radius 1 is 1.19 bits per heavy atom. The van der Waals surface area contributed by atoms with Crippen molar-refractivity contribution in [3.8, 4) is 11.5 Å². The number of anilines is 1. The lowest BCUT2D eigenvalue weighted by molar-refractivity contribution is -0.155. The highest BCUT2D eigenvalue weighted by atomic mass is 16.7. The molecule has 1 aromatic rings. The van der Waals surface area contributed by atoms with Gasteiger partial charge in [0.05, 0.1) is 6.42 Å². The lowest BCUT2D eigenvalue weighted by Crippen LogP contribution is -2.24. The highest BCUT2D eigenvalue weighted by Crippen LogP contribution is 2.34. The Balaban J connectivity index is 1.81. The molecule has 1 aliphatic heterocycles. The second-order valence-electron chi connectivity index (χ2n) is 5.70. The van der Waals surface area contributed by atoms with Crippen LogP contribution in [0.4, 0.5) is 5.69 Å². The molecule has 2 rings (SSSR count). The van der Waals surface area contributed by atoms with Gasteiger partial charge in [0.15, 0.2) is 11.5 Å². The summed E-state index contributed by atoms with van der Waals surface area (Å²) < 4.78 is 15.6. The van der Waals surface area contributed by atoms with E-state index in [1.165, 1.54) is 0 Å². The van der Waals surface area contributed by atoms with Crippen LogP contribution >= 0.6 is 0 Å². The summed E-state index contributed by atoms with van der Waals surface area (Å²) in [6.07, 6.45) is 0.122. The first-order valence-electron chi connectivity index (χ1n) is 6.75. The molecule has 0 unspecified atom stereocenters. The molecule has 0 radical (unpaired) electrons. The van der Waals surface area contributed by atoms with Crippen LogP contribution in [0.1, 0.15) is 33.6 Å². The highest BCUT2D eigenvalue weighted by molar-refractivity contribution is 5.92. The largest absolute Gasteiger partial charge is 0.460 e. The van der Waals surface area contributed by atoms with Gasteiger partial charge in [-0.3, -0.25) is 9.59 Å². The smallest absolute Gasteiger partial charge is 0.306 e. The summed E-state index contributed by atoms with van der Waals surface area (Å²) in [7, 11) is 0. The van der Waals surface area contributed by atoms with Gasteiger partial charge in [-0.1, -0.05) is 0 Å². The summed E-state index contributed by atoms with van der Waals surface area (Å²) >= 11 is 0. The highest BCUT2D eigenvalue weighted by Gasteiger charge is 2.18. The molecule has 1 aliphatic rings. The number of rotatable bonds is 4. The first-order chi connectivity index (χ1) is 9.83. The molecule has 21 heavy (non-hydrogen) atoms. The summed E-state index contributed by atoms with van der Waals surface area (Å²) in [5, 5.41) is 2.71. The minimum absolute atomic E-state index is 0.0493. The Labute approximate surface area is 123 Å². The van der Waals surface area contributed by atoms with Crippen LogP contribution in [0.3, 0.4) is 0 Å². The fourth-order valence-electron chi connectivity index (χ4n) is 1.81. The van der Waals surface area contributed by atoms with Gasteiger partial charge in [0.1, 0.15) is 5.60 Å². The molecule has 1 amide bonds. The Morgan fingerprint density at radius 3 is 2.62 bits per heavy atom. The van der Waals surface area contributed by atoms with Crippen molar-refractivity contribution >= 4 is 17.6 Å². The van der Waals surface area contributed by atoms with E-state index in [9.17, 15) is 9.59 Å². The fourth-order valence-corrected chi connectivity index (χ4v) is 1.81. The summed E-state index contributed by atoms with van der Waals surface area (Å²) in [5.41, 5.74) is 0.0682. The lowest BCUT2D eigenvalue weighted by Gasteiger charge is -2.19. The molecule has 0 saturated carbocycles. The standard InChI is InChI=1S/C15H19NO5/c1-15(2,3)21-14(18)7-6-13(17)16-10-4-5-11-12(8-10)20-9-19-11/h4-5,8H,6-7,9H2,1-3H3,(H,16,17). The van der Waals surface area contributed by atoms with Crippen molar-refractivity contribution in [2.75, 3.05) is 12.1 Å².